The third kappa shape index (κ3) is 5.41. The van der Waals surface area contributed by atoms with Gasteiger partial charge < -0.3 is 5.32 Å². The van der Waals surface area contributed by atoms with Gasteiger partial charge in [-0.25, -0.2) is 0 Å². The number of hydrogen-bond donors (Lipinski definition) is 3. The SMILES string of the molecule is Cc1ccc(C(=O)NCC(=O)NNC(=O)c2cc(Cl)ccc2Cl)cc1[N+](=O)[O-]. The van der Waals surface area contributed by atoms with E-state index in [-0.39, 0.29) is 21.8 Å². The minimum Gasteiger partial charge on any atom is -0.343 e. The lowest BCUT2D eigenvalue weighted by Gasteiger charge is -2.10. The Hall–Kier alpha value is -3.17. The fraction of sp³-hybridized carbons (Fsp3) is 0.118. The molecule has 9 nitrogen and oxygen atoms in total. The Labute approximate surface area is 169 Å². The number of hydrogen-bond acceptors (Lipinski definition) is 5. The monoisotopic (exact) mass is 424 g/mol. The van der Waals surface area contributed by atoms with Gasteiger partial charge in [0.15, 0.2) is 0 Å². The van der Waals surface area contributed by atoms with Crippen LogP contribution in [0, 0.1) is 17.0 Å². The Morgan fingerprint density at radius 1 is 1.04 bits per heavy atom. The third-order valence-electron chi connectivity index (χ3n) is 3.57. The minimum absolute atomic E-state index is 0.0276. The summed E-state index contributed by atoms with van der Waals surface area (Å²) in [4.78, 5) is 46.2. The first kappa shape index (κ1) is 21.1. The van der Waals surface area contributed by atoms with E-state index in [9.17, 15) is 24.5 Å². The maximum Gasteiger partial charge on any atom is 0.273 e. The standard InChI is InChI=1S/C17H14Cl2N4O5/c1-9-2-3-10(6-14(9)23(27)28)16(25)20-8-15(24)21-22-17(26)12-7-11(18)4-5-13(12)19/h2-7H,8H2,1H3,(H,20,25)(H,21,24)(H,22,26). The van der Waals surface area contributed by atoms with Gasteiger partial charge in [0.25, 0.3) is 23.4 Å². The number of aryl methyl sites for hydroxylation is 1. The van der Waals surface area contributed by atoms with E-state index >= 15 is 0 Å². The zero-order valence-electron chi connectivity index (χ0n) is 14.4. The maximum atomic E-state index is 12.0. The molecule has 0 bridgehead atoms. The van der Waals surface area contributed by atoms with Crippen LogP contribution < -0.4 is 16.2 Å². The fourth-order valence-electron chi connectivity index (χ4n) is 2.12. The first-order valence-corrected chi connectivity index (χ1v) is 8.52. The van der Waals surface area contributed by atoms with Crippen molar-refractivity contribution in [2.45, 2.75) is 6.92 Å². The predicted octanol–water partition coefficient (Wildman–Crippen LogP) is 2.40. The molecule has 0 heterocycles. The van der Waals surface area contributed by atoms with Gasteiger partial charge in [0.05, 0.1) is 22.1 Å². The van der Waals surface area contributed by atoms with Crippen molar-refractivity contribution in [2.75, 3.05) is 6.54 Å². The lowest BCUT2D eigenvalue weighted by atomic mass is 10.1. The highest BCUT2D eigenvalue weighted by Crippen LogP contribution is 2.20. The summed E-state index contributed by atoms with van der Waals surface area (Å²) >= 11 is 11.7. The summed E-state index contributed by atoms with van der Waals surface area (Å²) < 4.78 is 0. The molecule has 0 atom stereocenters. The van der Waals surface area contributed by atoms with Crippen LogP contribution >= 0.6 is 23.2 Å². The zero-order chi connectivity index (χ0) is 20.8. The quantitative estimate of drug-likeness (QED) is 0.500. The van der Waals surface area contributed by atoms with E-state index in [1.165, 1.54) is 30.3 Å². The van der Waals surface area contributed by atoms with Gasteiger partial charge in [0.2, 0.25) is 0 Å². The summed E-state index contributed by atoms with van der Waals surface area (Å²) in [6, 6.07) is 8.22. The second-order valence-electron chi connectivity index (χ2n) is 5.57. The maximum absolute atomic E-state index is 12.0. The van der Waals surface area contributed by atoms with E-state index in [1.807, 2.05) is 0 Å². The molecule has 146 valence electrons. The first-order chi connectivity index (χ1) is 13.2. The van der Waals surface area contributed by atoms with Crippen molar-refractivity contribution in [1.82, 2.24) is 16.2 Å². The second kappa shape index (κ2) is 9.16. The Morgan fingerprint density at radius 2 is 1.75 bits per heavy atom. The highest BCUT2D eigenvalue weighted by atomic mass is 35.5. The average Bonchev–Trinajstić information content (AvgIpc) is 2.66. The summed E-state index contributed by atoms with van der Waals surface area (Å²) in [6.07, 6.45) is 0. The summed E-state index contributed by atoms with van der Waals surface area (Å²) in [5, 5.41) is 13.7. The molecule has 0 aliphatic carbocycles. The molecular weight excluding hydrogens is 411 g/mol. The highest BCUT2D eigenvalue weighted by molar-refractivity contribution is 6.35. The molecule has 0 saturated heterocycles. The molecule has 0 aliphatic rings. The molecule has 0 saturated carbocycles. The predicted molar refractivity (Wildman–Crippen MR) is 102 cm³/mol. The molecular formula is C17H14Cl2N4O5. The number of halogens is 2. The van der Waals surface area contributed by atoms with Crippen LogP contribution in [0.1, 0.15) is 26.3 Å². The van der Waals surface area contributed by atoms with Crippen molar-refractivity contribution >= 4 is 46.6 Å². The van der Waals surface area contributed by atoms with E-state index in [0.717, 1.165) is 6.07 Å². The molecule has 0 aromatic heterocycles. The number of hydrazine groups is 1. The number of nitrogens with one attached hydrogen (secondary N) is 3. The second-order valence-corrected chi connectivity index (χ2v) is 6.41. The van der Waals surface area contributed by atoms with Gasteiger partial charge in [-0.05, 0) is 31.2 Å². The van der Waals surface area contributed by atoms with Gasteiger partial charge in [-0.3, -0.25) is 35.3 Å². The van der Waals surface area contributed by atoms with Crippen LogP contribution in [0.4, 0.5) is 5.69 Å². The number of carbonyl (C=O) groups excluding carboxylic acids is 3. The molecule has 0 spiro atoms. The van der Waals surface area contributed by atoms with Crippen LogP contribution in [0.3, 0.4) is 0 Å². The largest absolute Gasteiger partial charge is 0.343 e. The fourth-order valence-corrected chi connectivity index (χ4v) is 2.49. The number of amides is 3. The Balaban J connectivity index is 1.89. The molecule has 0 aliphatic heterocycles. The van der Waals surface area contributed by atoms with Gasteiger partial charge >= 0.3 is 0 Å². The van der Waals surface area contributed by atoms with Gasteiger partial charge in [-0.1, -0.05) is 29.3 Å². The smallest absolute Gasteiger partial charge is 0.273 e. The number of rotatable bonds is 5. The average molecular weight is 425 g/mol. The summed E-state index contributed by atoms with van der Waals surface area (Å²) in [6.45, 7) is 1.08. The van der Waals surface area contributed by atoms with E-state index in [4.69, 9.17) is 23.2 Å². The molecule has 0 radical (unpaired) electrons. The summed E-state index contributed by atoms with van der Waals surface area (Å²) in [5.41, 5.74) is 4.54. The third-order valence-corrected chi connectivity index (χ3v) is 4.13. The van der Waals surface area contributed by atoms with Crippen molar-refractivity contribution < 1.29 is 19.3 Å². The topological polar surface area (TPSA) is 130 Å². The van der Waals surface area contributed by atoms with Crippen LogP contribution in [0.2, 0.25) is 10.0 Å². The molecule has 0 unspecified atom stereocenters. The van der Waals surface area contributed by atoms with Crippen LogP contribution in [-0.4, -0.2) is 29.2 Å². The van der Waals surface area contributed by atoms with Crippen LogP contribution in [0.15, 0.2) is 36.4 Å². The van der Waals surface area contributed by atoms with Crippen molar-refractivity contribution in [2.24, 2.45) is 0 Å². The van der Waals surface area contributed by atoms with Crippen LogP contribution in [-0.2, 0) is 4.79 Å². The molecule has 11 heteroatoms. The van der Waals surface area contributed by atoms with Crippen molar-refractivity contribution in [3.63, 3.8) is 0 Å². The lowest BCUT2D eigenvalue weighted by molar-refractivity contribution is -0.385. The van der Waals surface area contributed by atoms with E-state index in [2.05, 4.69) is 16.2 Å². The Bertz CT molecular complexity index is 965. The number of carbonyl (C=O) groups is 3. The highest BCUT2D eigenvalue weighted by Gasteiger charge is 2.16. The molecule has 3 N–H and O–H groups in total. The zero-order valence-corrected chi connectivity index (χ0v) is 15.9. The molecule has 28 heavy (non-hydrogen) atoms. The molecule has 2 rings (SSSR count). The van der Waals surface area contributed by atoms with Crippen molar-refractivity contribution in [3.8, 4) is 0 Å². The van der Waals surface area contributed by atoms with Gasteiger partial charge in [-0.15, -0.1) is 0 Å². The van der Waals surface area contributed by atoms with E-state index in [0.29, 0.717) is 10.6 Å². The van der Waals surface area contributed by atoms with Crippen molar-refractivity contribution in [1.29, 1.82) is 0 Å². The van der Waals surface area contributed by atoms with Crippen LogP contribution in [0.5, 0.6) is 0 Å². The van der Waals surface area contributed by atoms with Crippen LogP contribution in [0.25, 0.3) is 0 Å². The van der Waals surface area contributed by atoms with Gasteiger partial charge in [-0.2, -0.15) is 0 Å². The molecule has 3 amide bonds. The minimum atomic E-state index is -0.721. The number of nitro groups is 1. The first-order valence-electron chi connectivity index (χ1n) is 7.76. The normalized spacial score (nSPS) is 10.1. The number of benzene rings is 2. The van der Waals surface area contributed by atoms with Gasteiger partial charge in [0.1, 0.15) is 0 Å². The lowest BCUT2D eigenvalue weighted by Crippen LogP contribution is -2.46. The van der Waals surface area contributed by atoms with E-state index in [1.54, 1.807) is 6.92 Å². The van der Waals surface area contributed by atoms with Crippen molar-refractivity contribution in [3.05, 3.63) is 73.2 Å². The molecule has 0 fully saturated rings. The summed E-state index contributed by atoms with van der Waals surface area (Å²) in [7, 11) is 0. The number of nitrogens with zero attached hydrogens (tertiary/aromatic N) is 1. The molecule has 2 aromatic rings. The van der Waals surface area contributed by atoms with Gasteiger partial charge in [0, 0.05) is 22.2 Å². The van der Waals surface area contributed by atoms with E-state index < -0.39 is 29.2 Å². The Morgan fingerprint density at radius 3 is 2.43 bits per heavy atom. The number of nitro benzene ring substituents is 1. The summed E-state index contributed by atoms with van der Waals surface area (Å²) in [5.74, 6) is -2.09. The molecule has 2 aromatic carbocycles. The Kier molecular flexibility index (Phi) is 6.91.